The molecule has 1 aromatic rings. The molecule has 2 heteroatoms. The summed E-state index contributed by atoms with van der Waals surface area (Å²) in [6.07, 6.45) is 18.6. The zero-order valence-electron chi connectivity index (χ0n) is 16.5. The van der Waals surface area contributed by atoms with E-state index in [4.69, 9.17) is 0 Å². The first-order valence-electron chi connectivity index (χ1n) is 10.6. The molecule has 0 aromatic heterocycles. The molecule has 25 heavy (non-hydrogen) atoms. The van der Waals surface area contributed by atoms with Crippen LogP contribution in [-0.4, -0.2) is 29.1 Å². The minimum absolute atomic E-state index is 0.506. The summed E-state index contributed by atoms with van der Waals surface area (Å²) in [6, 6.07) is 10.9. The molecule has 1 aliphatic rings. The van der Waals surface area contributed by atoms with E-state index in [0.29, 0.717) is 6.17 Å². The summed E-state index contributed by atoms with van der Waals surface area (Å²) in [5.41, 5.74) is 1.44. The van der Waals surface area contributed by atoms with Crippen LogP contribution in [0.4, 0.5) is 0 Å². The molecule has 0 fully saturated rings. The third kappa shape index (κ3) is 7.13. The summed E-state index contributed by atoms with van der Waals surface area (Å²) in [5, 5.41) is 0. The molecule has 140 valence electrons. The van der Waals surface area contributed by atoms with Crippen molar-refractivity contribution in [2.24, 2.45) is 0 Å². The van der Waals surface area contributed by atoms with Gasteiger partial charge in [0, 0.05) is 31.9 Å². The Morgan fingerprint density at radius 3 is 1.92 bits per heavy atom. The van der Waals surface area contributed by atoms with Crippen LogP contribution in [0.25, 0.3) is 0 Å². The number of rotatable bonds is 13. The molecule has 1 atom stereocenters. The average Bonchev–Trinajstić information content (AvgIpc) is 3.00. The Morgan fingerprint density at radius 2 is 1.28 bits per heavy atom. The smallest absolute Gasteiger partial charge is 0.105 e. The van der Waals surface area contributed by atoms with Crippen LogP contribution in [0.1, 0.15) is 77.2 Å². The van der Waals surface area contributed by atoms with Gasteiger partial charge in [-0.25, -0.2) is 0 Å². The maximum atomic E-state index is 2.57. The lowest BCUT2D eigenvalue weighted by Crippen LogP contribution is -2.41. The molecule has 0 amide bonds. The van der Waals surface area contributed by atoms with Gasteiger partial charge in [0.25, 0.3) is 0 Å². The van der Waals surface area contributed by atoms with Crippen molar-refractivity contribution in [2.75, 3.05) is 13.1 Å². The maximum Gasteiger partial charge on any atom is 0.105 e. The molecule has 0 saturated heterocycles. The predicted molar refractivity (Wildman–Crippen MR) is 109 cm³/mol. The van der Waals surface area contributed by atoms with Crippen molar-refractivity contribution in [1.82, 2.24) is 9.80 Å². The van der Waals surface area contributed by atoms with Crippen LogP contribution >= 0.6 is 0 Å². The maximum absolute atomic E-state index is 2.57. The summed E-state index contributed by atoms with van der Waals surface area (Å²) >= 11 is 0. The summed E-state index contributed by atoms with van der Waals surface area (Å²) < 4.78 is 0. The van der Waals surface area contributed by atoms with Crippen LogP contribution in [0.5, 0.6) is 0 Å². The standard InChI is InChI=1S/C23H38N2/c1-3-5-6-7-8-9-10-14-18-25-20-19-24(17-4-2)23(25)21-22-15-12-11-13-16-22/h11-13,15-16,19-20,23H,3-10,14,17-18,21H2,1-2H3. The lowest BCUT2D eigenvalue weighted by atomic mass is 10.1. The van der Waals surface area contributed by atoms with Crippen molar-refractivity contribution < 1.29 is 0 Å². The van der Waals surface area contributed by atoms with Crippen LogP contribution in [0.2, 0.25) is 0 Å². The minimum Gasteiger partial charge on any atom is -0.356 e. The fourth-order valence-corrected chi connectivity index (χ4v) is 3.75. The second-order valence-corrected chi connectivity index (χ2v) is 7.42. The van der Waals surface area contributed by atoms with Gasteiger partial charge in [-0.2, -0.15) is 0 Å². The van der Waals surface area contributed by atoms with E-state index in [1.807, 2.05) is 0 Å². The van der Waals surface area contributed by atoms with E-state index in [9.17, 15) is 0 Å². The molecule has 0 aliphatic carbocycles. The lowest BCUT2D eigenvalue weighted by Gasteiger charge is -2.33. The SMILES string of the molecule is CCCCCCCCCCN1C=CN(CCC)C1Cc1ccccc1. The van der Waals surface area contributed by atoms with Crippen LogP contribution in [0.15, 0.2) is 42.7 Å². The normalized spacial score (nSPS) is 16.8. The fourth-order valence-electron chi connectivity index (χ4n) is 3.75. The minimum atomic E-state index is 0.506. The molecule has 2 nitrogen and oxygen atoms in total. The summed E-state index contributed by atoms with van der Waals surface area (Å²) in [4.78, 5) is 5.09. The molecule has 0 N–H and O–H groups in total. The van der Waals surface area contributed by atoms with Crippen molar-refractivity contribution >= 4 is 0 Å². The molecule has 1 aromatic carbocycles. The molecule has 0 bridgehead atoms. The van der Waals surface area contributed by atoms with Gasteiger partial charge in [-0.05, 0) is 18.4 Å². The van der Waals surface area contributed by atoms with Crippen molar-refractivity contribution in [3.8, 4) is 0 Å². The van der Waals surface area contributed by atoms with Gasteiger partial charge in [-0.15, -0.1) is 0 Å². The topological polar surface area (TPSA) is 6.48 Å². The highest BCUT2D eigenvalue weighted by Gasteiger charge is 2.25. The number of benzene rings is 1. The van der Waals surface area contributed by atoms with Crippen molar-refractivity contribution in [3.05, 3.63) is 48.3 Å². The Kier molecular flexibility index (Phi) is 9.54. The van der Waals surface area contributed by atoms with E-state index in [1.54, 1.807) is 0 Å². The first-order chi connectivity index (χ1) is 12.3. The van der Waals surface area contributed by atoms with Gasteiger partial charge < -0.3 is 9.80 Å². The quantitative estimate of drug-likeness (QED) is 0.394. The fraction of sp³-hybridized carbons (Fsp3) is 0.652. The third-order valence-corrected chi connectivity index (χ3v) is 5.23. The van der Waals surface area contributed by atoms with E-state index in [0.717, 1.165) is 13.0 Å². The van der Waals surface area contributed by atoms with Crippen molar-refractivity contribution in [3.63, 3.8) is 0 Å². The van der Waals surface area contributed by atoms with Gasteiger partial charge in [-0.3, -0.25) is 0 Å². The van der Waals surface area contributed by atoms with Crippen LogP contribution < -0.4 is 0 Å². The first kappa shape index (κ1) is 19.9. The molecule has 1 aliphatic heterocycles. The molecular formula is C23H38N2. The summed E-state index contributed by atoms with van der Waals surface area (Å²) in [5.74, 6) is 0. The highest BCUT2D eigenvalue weighted by atomic mass is 15.4. The molecule has 0 spiro atoms. The molecule has 2 rings (SSSR count). The second kappa shape index (κ2) is 12.0. The third-order valence-electron chi connectivity index (χ3n) is 5.23. The molecule has 1 unspecified atom stereocenters. The number of hydrogen-bond donors (Lipinski definition) is 0. The van der Waals surface area contributed by atoms with Gasteiger partial charge in [0.1, 0.15) is 6.17 Å². The Hall–Kier alpha value is -1.44. The van der Waals surface area contributed by atoms with Gasteiger partial charge in [0.05, 0.1) is 0 Å². The van der Waals surface area contributed by atoms with E-state index in [1.165, 1.54) is 69.9 Å². The highest BCUT2D eigenvalue weighted by molar-refractivity contribution is 5.17. The van der Waals surface area contributed by atoms with Crippen LogP contribution in [0.3, 0.4) is 0 Å². The largest absolute Gasteiger partial charge is 0.356 e. The Morgan fingerprint density at radius 1 is 0.680 bits per heavy atom. The van der Waals surface area contributed by atoms with Gasteiger partial charge >= 0.3 is 0 Å². The first-order valence-corrected chi connectivity index (χ1v) is 10.6. The zero-order valence-corrected chi connectivity index (χ0v) is 16.5. The monoisotopic (exact) mass is 342 g/mol. The average molecular weight is 343 g/mol. The lowest BCUT2D eigenvalue weighted by molar-refractivity contribution is 0.150. The van der Waals surface area contributed by atoms with E-state index < -0.39 is 0 Å². The van der Waals surface area contributed by atoms with Gasteiger partial charge in [0.2, 0.25) is 0 Å². The molecule has 1 heterocycles. The molecule has 0 radical (unpaired) electrons. The molecule has 0 saturated carbocycles. The number of nitrogens with zero attached hydrogens (tertiary/aromatic N) is 2. The van der Waals surface area contributed by atoms with Crippen LogP contribution in [0, 0.1) is 0 Å². The van der Waals surface area contributed by atoms with E-state index in [-0.39, 0.29) is 0 Å². The Balaban J connectivity index is 1.73. The summed E-state index contributed by atoms with van der Waals surface area (Å²) in [7, 11) is 0. The Labute approximate surface area is 155 Å². The second-order valence-electron chi connectivity index (χ2n) is 7.42. The van der Waals surface area contributed by atoms with Crippen LogP contribution in [-0.2, 0) is 6.42 Å². The van der Waals surface area contributed by atoms with E-state index in [2.05, 4.69) is 66.4 Å². The highest BCUT2D eigenvalue weighted by Crippen LogP contribution is 2.21. The van der Waals surface area contributed by atoms with Crippen molar-refractivity contribution in [1.29, 1.82) is 0 Å². The Bertz CT molecular complexity index is 468. The predicted octanol–water partition coefficient (Wildman–Crippen LogP) is 6.19. The zero-order chi connectivity index (χ0) is 17.7. The van der Waals surface area contributed by atoms with Gasteiger partial charge in [-0.1, -0.05) is 89.1 Å². The number of unbranched alkanes of at least 4 members (excludes halogenated alkanes) is 7. The van der Waals surface area contributed by atoms with Crippen molar-refractivity contribution in [2.45, 2.75) is 84.2 Å². The van der Waals surface area contributed by atoms with Gasteiger partial charge in [0.15, 0.2) is 0 Å². The van der Waals surface area contributed by atoms with E-state index >= 15 is 0 Å². The summed E-state index contributed by atoms with van der Waals surface area (Å²) in [6.45, 7) is 6.91. The molecular weight excluding hydrogens is 304 g/mol. The number of hydrogen-bond acceptors (Lipinski definition) is 2.